The first-order valence-corrected chi connectivity index (χ1v) is 15.2. The molecule has 13 nitrogen and oxygen atoms in total. The number of ether oxygens (including phenoxy) is 2. The molecule has 3 amide bonds. The maximum atomic E-state index is 14.0. The number of unbranched alkanes of at least 4 members (excludes halogenated alkanes) is 1. The summed E-state index contributed by atoms with van der Waals surface area (Å²) in [6, 6.07) is 5.98. The molecule has 2 fully saturated rings. The van der Waals surface area contributed by atoms with Gasteiger partial charge < -0.3 is 30.7 Å². The van der Waals surface area contributed by atoms with Gasteiger partial charge in [-0.15, -0.1) is 0 Å². The number of benzene rings is 1. The van der Waals surface area contributed by atoms with Crippen molar-refractivity contribution >= 4 is 35.3 Å². The first-order valence-electron chi connectivity index (χ1n) is 15.2. The standard InChI is InChI=1S/C31H45N5O8/c1-19(2)35-31(25(37)17-24(43-4)27(31)39)26(38)23-14-10-16-36(23)29(41)22(34-28(40)20(3)32)13-8-9-15-33-30(42)44-18-21-11-6-5-7-12-21/h5-7,11-12,19-20,22-24,35H,8-10,13-18,32H2,1-4H3,(H,33,42)(H,34,40)/t20-,22-,23-,24?,31?/m0/s1. The normalized spacial score (nSPS) is 23.0. The van der Waals surface area contributed by atoms with Gasteiger partial charge in [0.1, 0.15) is 18.8 Å². The van der Waals surface area contributed by atoms with Crippen molar-refractivity contribution < 1.29 is 38.2 Å². The van der Waals surface area contributed by atoms with Crippen molar-refractivity contribution in [3.8, 4) is 0 Å². The van der Waals surface area contributed by atoms with E-state index in [-0.39, 0.29) is 45.0 Å². The second kappa shape index (κ2) is 15.9. The maximum absolute atomic E-state index is 14.0. The topological polar surface area (TPSA) is 186 Å². The summed E-state index contributed by atoms with van der Waals surface area (Å²) in [5, 5.41) is 8.27. The number of nitrogens with zero attached hydrogens (tertiary/aromatic N) is 1. The largest absolute Gasteiger partial charge is 0.445 e. The Morgan fingerprint density at radius 1 is 1.09 bits per heavy atom. The Morgan fingerprint density at radius 3 is 2.41 bits per heavy atom. The number of carbonyl (C=O) groups is 6. The number of Topliss-reactive ketones (excluding diaryl/α,β-unsaturated/α-hetero) is 3. The Balaban J connectivity index is 1.66. The van der Waals surface area contributed by atoms with Crippen LogP contribution in [-0.4, -0.2) is 96.2 Å². The zero-order chi connectivity index (χ0) is 32.4. The highest BCUT2D eigenvalue weighted by Crippen LogP contribution is 2.32. The predicted molar refractivity (Wildman–Crippen MR) is 160 cm³/mol. The van der Waals surface area contributed by atoms with Crippen LogP contribution in [0.25, 0.3) is 0 Å². The number of hydrogen-bond donors (Lipinski definition) is 4. The quantitative estimate of drug-likeness (QED) is 0.162. The van der Waals surface area contributed by atoms with Crippen LogP contribution in [0.4, 0.5) is 4.79 Å². The van der Waals surface area contributed by atoms with Gasteiger partial charge >= 0.3 is 6.09 Å². The molecule has 2 unspecified atom stereocenters. The summed E-state index contributed by atoms with van der Waals surface area (Å²) in [6.07, 6.45) is 0.0604. The Morgan fingerprint density at radius 2 is 1.80 bits per heavy atom. The average molecular weight is 616 g/mol. The average Bonchev–Trinajstić information content (AvgIpc) is 3.58. The van der Waals surface area contributed by atoms with Gasteiger partial charge in [0.2, 0.25) is 17.4 Å². The third-order valence-electron chi connectivity index (χ3n) is 7.88. The molecule has 1 heterocycles. The summed E-state index contributed by atoms with van der Waals surface area (Å²) in [4.78, 5) is 80.4. The molecule has 1 saturated carbocycles. The number of nitrogens with two attached hydrogens (primary N) is 1. The van der Waals surface area contributed by atoms with Crippen LogP contribution in [0.3, 0.4) is 0 Å². The minimum atomic E-state index is -2.10. The summed E-state index contributed by atoms with van der Waals surface area (Å²) in [5.74, 6) is -2.94. The monoisotopic (exact) mass is 615 g/mol. The molecule has 3 rings (SSSR count). The summed E-state index contributed by atoms with van der Waals surface area (Å²) in [7, 11) is 1.31. The van der Waals surface area contributed by atoms with Crippen molar-refractivity contribution in [3.05, 3.63) is 35.9 Å². The molecule has 1 aliphatic carbocycles. The van der Waals surface area contributed by atoms with Crippen LogP contribution >= 0.6 is 0 Å². The summed E-state index contributed by atoms with van der Waals surface area (Å²) >= 11 is 0. The Kier molecular flexibility index (Phi) is 12.6. The number of hydrogen-bond acceptors (Lipinski definition) is 10. The fourth-order valence-electron chi connectivity index (χ4n) is 5.65. The number of likely N-dealkylation sites (tertiary alicyclic amines) is 1. The lowest BCUT2D eigenvalue weighted by atomic mass is 9.83. The van der Waals surface area contributed by atoms with E-state index in [1.54, 1.807) is 13.8 Å². The highest BCUT2D eigenvalue weighted by molar-refractivity contribution is 6.35. The number of rotatable bonds is 15. The number of methoxy groups -OCH3 is 1. The predicted octanol–water partition coefficient (Wildman–Crippen LogP) is 0.769. The Hall–Kier alpha value is -3.68. The van der Waals surface area contributed by atoms with Crippen LogP contribution in [0.2, 0.25) is 0 Å². The number of ketones is 3. The highest BCUT2D eigenvalue weighted by Gasteiger charge is 2.62. The van der Waals surface area contributed by atoms with Gasteiger partial charge in [-0.2, -0.15) is 0 Å². The molecule has 0 spiro atoms. The van der Waals surface area contributed by atoms with Crippen LogP contribution in [0, 0.1) is 0 Å². The van der Waals surface area contributed by atoms with Crippen molar-refractivity contribution in [2.75, 3.05) is 20.2 Å². The van der Waals surface area contributed by atoms with Crippen LogP contribution in [0.1, 0.15) is 64.9 Å². The van der Waals surface area contributed by atoms with Crippen molar-refractivity contribution in [2.45, 2.75) is 102 Å². The van der Waals surface area contributed by atoms with Gasteiger partial charge in [0, 0.05) is 32.7 Å². The molecule has 242 valence electrons. The van der Waals surface area contributed by atoms with Gasteiger partial charge in [-0.3, -0.25) is 29.3 Å². The maximum Gasteiger partial charge on any atom is 0.407 e. The number of alkyl carbamates (subject to hydrolysis) is 1. The molecule has 1 aromatic rings. The molecule has 1 aliphatic heterocycles. The summed E-state index contributed by atoms with van der Waals surface area (Å²) < 4.78 is 10.4. The van der Waals surface area contributed by atoms with Gasteiger partial charge in [0.05, 0.1) is 12.1 Å². The lowest BCUT2D eigenvalue weighted by Gasteiger charge is -2.35. The van der Waals surface area contributed by atoms with Gasteiger partial charge in [0.15, 0.2) is 17.3 Å². The third kappa shape index (κ3) is 8.27. The first kappa shape index (κ1) is 34.8. The molecule has 44 heavy (non-hydrogen) atoms. The van der Waals surface area contributed by atoms with Crippen LogP contribution in [0.15, 0.2) is 30.3 Å². The van der Waals surface area contributed by atoms with Crippen LogP contribution in [0.5, 0.6) is 0 Å². The lowest BCUT2D eigenvalue weighted by Crippen LogP contribution is -2.67. The van der Waals surface area contributed by atoms with Crippen LogP contribution < -0.4 is 21.7 Å². The zero-order valence-corrected chi connectivity index (χ0v) is 25.9. The Labute approximate surface area is 257 Å². The van der Waals surface area contributed by atoms with E-state index < -0.39 is 65.0 Å². The molecule has 0 aromatic heterocycles. The molecule has 0 radical (unpaired) electrons. The number of nitrogens with one attached hydrogen (secondary N) is 3. The van der Waals surface area contributed by atoms with E-state index >= 15 is 0 Å². The van der Waals surface area contributed by atoms with Crippen molar-refractivity contribution in [1.29, 1.82) is 0 Å². The molecular formula is C31H45N5O8. The van der Waals surface area contributed by atoms with Gasteiger partial charge in [-0.05, 0) is 58.4 Å². The molecule has 5 N–H and O–H groups in total. The smallest absolute Gasteiger partial charge is 0.407 e. The molecule has 5 atom stereocenters. The summed E-state index contributed by atoms with van der Waals surface area (Å²) in [5.41, 5.74) is 4.51. The van der Waals surface area contributed by atoms with Gasteiger partial charge in [-0.25, -0.2) is 4.79 Å². The molecule has 0 bridgehead atoms. The molecular weight excluding hydrogens is 570 g/mol. The first-order chi connectivity index (χ1) is 20.9. The summed E-state index contributed by atoms with van der Waals surface area (Å²) in [6.45, 7) is 5.60. The molecule has 1 aromatic carbocycles. The fourth-order valence-corrected chi connectivity index (χ4v) is 5.65. The van der Waals surface area contributed by atoms with E-state index in [9.17, 15) is 28.8 Å². The van der Waals surface area contributed by atoms with Crippen molar-refractivity contribution in [3.63, 3.8) is 0 Å². The van der Waals surface area contributed by atoms with E-state index in [1.807, 2.05) is 30.3 Å². The van der Waals surface area contributed by atoms with Crippen LogP contribution in [-0.2, 0) is 40.1 Å². The number of amides is 3. The minimum absolute atomic E-state index is 0.138. The molecule has 1 saturated heterocycles. The third-order valence-corrected chi connectivity index (χ3v) is 7.88. The van der Waals surface area contributed by atoms with E-state index in [4.69, 9.17) is 15.2 Å². The van der Waals surface area contributed by atoms with E-state index in [0.29, 0.717) is 19.3 Å². The van der Waals surface area contributed by atoms with E-state index in [0.717, 1.165) is 5.56 Å². The zero-order valence-electron chi connectivity index (χ0n) is 25.9. The second-order valence-electron chi connectivity index (χ2n) is 11.7. The van der Waals surface area contributed by atoms with Crippen molar-refractivity contribution in [2.24, 2.45) is 5.73 Å². The fraction of sp³-hybridized carbons (Fsp3) is 0.613. The molecule has 2 aliphatic rings. The van der Waals surface area contributed by atoms with E-state index in [2.05, 4.69) is 16.0 Å². The van der Waals surface area contributed by atoms with Gasteiger partial charge in [0.25, 0.3) is 0 Å². The van der Waals surface area contributed by atoms with E-state index in [1.165, 1.54) is 18.9 Å². The second-order valence-corrected chi connectivity index (χ2v) is 11.7. The van der Waals surface area contributed by atoms with Crippen molar-refractivity contribution in [1.82, 2.24) is 20.9 Å². The minimum Gasteiger partial charge on any atom is -0.445 e. The Bertz CT molecular complexity index is 1210. The highest BCUT2D eigenvalue weighted by atomic mass is 16.5. The lowest BCUT2D eigenvalue weighted by molar-refractivity contribution is -0.149. The number of carbonyl (C=O) groups excluding carboxylic acids is 6. The molecule has 13 heteroatoms. The SMILES string of the molecule is COC1CC(=O)C(NC(C)C)(C(=O)[C@@H]2CCCN2C(=O)[C@H](CCCCNC(=O)OCc2ccccc2)NC(=O)[C@H](C)N)C1=O. The van der Waals surface area contributed by atoms with Gasteiger partial charge in [-0.1, -0.05) is 30.3 Å².